The van der Waals surface area contributed by atoms with E-state index in [1.165, 1.54) is 0 Å². The molecule has 0 spiro atoms. The molecule has 132 valence electrons. The zero-order valence-corrected chi connectivity index (χ0v) is 14.2. The van der Waals surface area contributed by atoms with E-state index in [0.29, 0.717) is 26.1 Å². The lowest BCUT2D eigenvalue weighted by molar-refractivity contribution is -0.148. The van der Waals surface area contributed by atoms with Crippen LogP contribution in [0.25, 0.3) is 0 Å². The van der Waals surface area contributed by atoms with Crippen LogP contribution in [0.5, 0.6) is 5.75 Å². The molecular formula is C18H25NO5. The number of para-hydroxylation sites is 1. The molecule has 2 atom stereocenters. The number of hydrogen-bond donors (Lipinski definition) is 1. The summed E-state index contributed by atoms with van der Waals surface area (Å²) in [6.07, 6.45) is 0.710. The van der Waals surface area contributed by atoms with Crippen molar-refractivity contribution >= 4 is 11.9 Å². The molecule has 1 aliphatic rings. The number of amides is 1. The Balaban J connectivity index is 1.87. The van der Waals surface area contributed by atoms with Gasteiger partial charge in [-0.1, -0.05) is 25.1 Å². The van der Waals surface area contributed by atoms with Gasteiger partial charge in [-0.2, -0.15) is 0 Å². The number of rotatable bonds is 7. The Hall–Kier alpha value is -2.08. The predicted octanol–water partition coefficient (Wildman–Crippen LogP) is 1.97. The molecule has 1 amide bonds. The number of carbonyl (C=O) groups is 2. The second kappa shape index (κ2) is 8.68. The Morgan fingerprint density at radius 2 is 2.17 bits per heavy atom. The van der Waals surface area contributed by atoms with E-state index in [-0.39, 0.29) is 18.2 Å². The Bertz CT molecular complexity index is 574. The van der Waals surface area contributed by atoms with Crippen LogP contribution < -0.4 is 4.74 Å². The summed E-state index contributed by atoms with van der Waals surface area (Å²) in [6, 6.07) is 7.82. The molecule has 1 heterocycles. The Morgan fingerprint density at radius 1 is 1.42 bits per heavy atom. The second-order valence-corrected chi connectivity index (χ2v) is 6.26. The maximum atomic E-state index is 12.5. The molecule has 24 heavy (non-hydrogen) atoms. The van der Waals surface area contributed by atoms with E-state index in [9.17, 15) is 9.59 Å². The lowest BCUT2D eigenvalue weighted by Crippen LogP contribution is -2.46. The molecule has 2 rings (SSSR count). The highest BCUT2D eigenvalue weighted by Gasteiger charge is 2.26. The minimum absolute atomic E-state index is 0.0519. The number of carbonyl (C=O) groups excluding carboxylic acids is 1. The maximum Gasteiger partial charge on any atom is 0.306 e. The first kappa shape index (κ1) is 18.3. The van der Waals surface area contributed by atoms with Gasteiger partial charge in [0, 0.05) is 19.5 Å². The van der Waals surface area contributed by atoms with E-state index in [0.717, 1.165) is 17.7 Å². The van der Waals surface area contributed by atoms with Gasteiger partial charge in [0.25, 0.3) is 0 Å². The minimum Gasteiger partial charge on any atom is -0.496 e. The van der Waals surface area contributed by atoms with Gasteiger partial charge in [-0.25, -0.2) is 0 Å². The highest BCUT2D eigenvalue weighted by atomic mass is 16.5. The number of aliphatic carboxylic acids is 1. The lowest BCUT2D eigenvalue weighted by atomic mass is 9.96. The van der Waals surface area contributed by atoms with Crippen LogP contribution in [0.3, 0.4) is 0 Å². The van der Waals surface area contributed by atoms with Crippen molar-refractivity contribution < 1.29 is 24.2 Å². The Labute approximate surface area is 142 Å². The molecule has 0 unspecified atom stereocenters. The molecule has 1 N–H and O–H groups in total. The van der Waals surface area contributed by atoms with Crippen molar-refractivity contribution in [3.63, 3.8) is 0 Å². The van der Waals surface area contributed by atoms with Crippen LogP contribution in [0.1, 0.15) is 25.3 Å². The molecule has 0 saturated carbocycles. The predicted molar refractivity (Wildman–Crippen MR) is 89.1 cm³/mol. The number of ether oxygens (including phenoxy) is 2. The molecule has 1 saturated heterocycles. The first-order valence-corrected chi connectivity index (χ1v) is 8.22. The van der Waals surface area contributed by atoms with Crippen LogP contribution >= 0.6 is 0 Å². The van der Waals surface area contributed by atoms with Crippen molar-refractivity contribution in [2.45, 2.75) is 32.3 Å². The third-order valence-corrected chi connectivity index (χ3v) is 4.18. The van der Waals surface area contributed by atoms with Gasteiger partial charge in [0.1, 0.15) is 5.75 Å². The molecule has 0 aliphatic carbocycles. The molecule has 1 aliphatic heterocycles. The first-order valence-electron chi connectivity index (χ1n) is 8.22. The molecule has 1 fully saturated rings. The van der Waals surface area contributed by atoms with Crippen molar-refractivity contribution in [3.05, 3.63) is 29.8 Å². The SMILES string of the molecule is COc1ccccc1C[C@H](C)CC(=O)N1CCO[C@H](CC(=O)O)C1. The normalized spacial score (nSPS) is 18.9. The van der Waals surface area contributed by atoms with Crippen molar-refractivity contribution in [1.82, 2.24) is 4.90 Å². The smallest absolute Gasteiger partial charge is 0.306 e. The van der Waals surface area contributed by atoms with Crippen LogP contribution in [-0.4, -0.2) is 54.8 Å². The number of carboxylic acid groups (broad SMARTS) is 1. The number of methoxy groups -OCH3 is 1. The molecular weight excluding hydrogens is 310 g/mol. The van der Waals surface area contributed by atoms with Crippen molar-refractivity contribution in [3.8, 4) is 5.75 Å². The van der Waals surface area contributed by atoms with Crippen molar-refractivity contribution in [2.24, 2.45) is 5.92 Å². The van der Waals surface area contributed by atoms with Gasteiger partial charge >= 0.3 is 5.97 Å². The van der Waals surface area contributed by atoms with Crippen LogP contribution in [0.2, 0.25) is 0 Å². The fourth-order valence-corrected chi connectivity index (χ4v) is 3.01. The molecule has 0 radical (unpaired) electrons. The van der Waals surface area contributed by atoms with Gasteiger partial charge in [-0.15, -0.1) is 0 Å². The molecule has 6 heteroatoms. The van der Waals surface area contributed by atoms with Crippen LogP contribution in [0.4, 0.5) is 0 Å². The number of carboxylic acids is 1. The van der Waals surface area contributed by atoms with Gasteiger partial charge in [-0.05, 0) is 24.0 Å². The maximum absolute atomic E-state index is 12.5. The van der Waals surface area contributed by atoms with Gasteiger partial charge in [-0.3, -0.25) is 9.59 Å². The monoisotopic (exact) mass is 335 g/mol. The summed E-state index contributed by atoms with van der Waals surface area (Å²) in [5.74, 6) is 0.161. The summed E-state index contributed by atoms with van der Waals surface area (Å²) in [5.41, 5.74) is 1.09. The van der Waals surface area contributed by atoms with E-state index < -0.39 is 12.1 Å². The molecule has 1 aromatic rings. The van der Waals surface area contributed by atoms with Gasteiger partial charge in [0.15, 0.2) is 0 Å². The number of nitrogens with zero attached hydrogens (tertiary/aromatic N) is 1. The first-order chi connectivity index (χ1) is 11.5. The van der Waals surface area contributed by atoms with E-state index in [1.807, 2.05) is 31.2 Å². The van der Waals surface area contributed by atoms with E-state index >= 15 is 0 Å². The average molecular weight is 335 g/mol. The summed E-state index contributed by atoms with van der Waals surface area (Å²) >= 11 is 0. The topological polar surface area (TPSA) is 76.1 Å². The standard InChI is InChI=1S/C18H25NO5/c1-13(9-14-5-3-4-6-16(14)23-2)10-17(20)19-7-8-24-15(12-19)11-18(21)22/h3-6,13,15H,7-12H2,1-2H3,(H,21,22)/t13-,15+/m0/s1. The summed E-state index contributed by atoms with van der Waals surface area (Å²) in [7, 11) is 1.64. The van der Waals surface area contributed by atoms with Crippen LogP contribution in [0, 0.1) is 5.92 Å². The van der Waals surface area contributed by atoms with E-state index in [1.54, 1.807) is 12.0 Å². The summed E-state index contributed by atoms with van der Waals surface area (Å²) in [5, 5.41) is 8.85. The highest BCUT2D eigenvalue weighted by Crippen LogP contribution is 2.23. The lowest BCUT2D eigenvalue weighted by Gasteiger charge is -2.33. The molecule has 0 aromatic heterocycles. The molecule has 1 aromatic carbocycles. The van der Waals surface area contributed by atoms with Crippen LogP contribution in [-0.2, 0) is 20.7 Å². The second-order valence-electron chi connectivity index (χ2n) is 6.26. The summed E-state index contributed by atoms with van der Waals surface area (Å²) in [4.78, 5) is 25.0. The Kier molecular flexibility index (Phi) is 6.61. The quantitative estimate of drug-likeness (QED) is 0.824. The number of hydrogen-bond acceptors (Lipinski definition) is 4. The molecule has 0 bridgehead atoms. The van der Waals surface area contributed by atoms with Gasteiger partial charge in [0.2, 0.25) is 5.91 Å². The largest absolute Gasteiger partial charge is 0.496 e. The van der Waals surface area contributed by atoms with E-state index in [2.05, 4.69) is 0 Å². The number of morpholine rings is 1. The van der Waals surface area contributed by atoms with Crippen LogP contribution in [0.15, 0.2) is 24.3 Å². The fraction of sp³-hybridized carbons (Fsp3) is 0.556. The average Bonchev–Trinajstić information content (AvgIpc) is 2.55. The summed E-state index contributed by atoms with van der Waals surface area (Å²) in [6.45, 7) is 3.31. The van der Waals surface area contributed by atoms with Gasteiger partial charge in [0.05, 0.1) is 26.2 Å². The van der Waals surface area contributed by atoms with Crippen molar-refractivity contribution in [2.75, 3.05) is 26.8 Å². The van der Waals surface area contributed by atoms with E-state index in [4.69, 9.17) is 14.6 Å². The number of benzene rings is 1. The zero-order valence-electron chi connectivity index (χ0n) is 14.2. The minimum atomic E-state index is -0.904. The molecule has 6 nitrogen and oxygen atoms in total. The Morgan fingerprint density at radius 3 is 2.88 bits per heavy atom. The third kappa shape index (κ3) is 5.23. The summed E-state index contributed by atoms with van der Waals surface area (Å²) < 4.78 is 10.8. The van der Waals surface area contributed by atoms with Gasteiger partial charge < -0.3 is 19.5 Å². The fourth-order valence-electron chi connectivity index (χ4n) is 3.01. The zero-order chi connectivity index (χ0) is 17.5. The highest BCUT2D eigenvalue weighted by molar-refractivity contribution is 5.76. The van der Waals surface area contributed by atoms with Crippen molar-refractivity contribution in [1.29, 1.82) is 0 Å². The third-order valence-electron chi connectivity index (χ3n) is 4.18.